The third-order valence-electron chi connectivity index (χ3n) is 6.47. The molecule has 1 atom stereocenters. The van der Waals surface area contributed by atoms with E-state index < -0.39 is 10.0 Å². The number of phenols is 1. The van der Waals surface area contributed by atoms with Crippen molar-refractivity contribution in [3.63, 3.8) is 0 Å². The molecular weight excluding hydrogens is 545 g/mol. The summed E-state index contributed by atoms with van der Waals surface area (Å²) in [5.74, 6) is 0.736. The van der Waals surface area contributed by atoms with Crippen LogP contribution in [0.3, 0.4) is 0 Å². The summed E-state index contributed by atoms with van der Waals surface area (Å²) in [7, 11) is -3.80. The summed E-state index contributed by atoms with van der Waals surface area (Å²) in [6.07, 6.45) is 4.98. The molecule has 0 aliphatic carbocycles. The molecule has 0 saturated carbocycles. The van der Waals surface area contributed by atoms with Gasteiger partial charge >= 0.3 is 0 Å². The summed E-state index contributed by atoms with van der Waals surface area (Å²) in [5, 5.41) is 13.5. The number of phenolic OH excluding ortho intramolecular Hbond substituents is 1. The smallest absolute Gasteiger partial charge is 0.255 e. The van der Waals surface area contributed by atoms with Crippen LogP contribution in [0.5, 0.6) is 5.75 Å². The van der Waals surface area contributed by atoms with Gasteiger partial charge in [-0.1, -0.05) is 99.1 Å². The average molecular weight is 575 g/mol. The van der Waals surface area contributed by atoms with Crippen molar-refractivity contribution in [3.8, 4) is 5.75 Å². The minimum atomic E-state index is -3.80. The largest absolute Gasteiger partial charge is 0.506 e. The summed E-state index contributed by atoms with van der Waals surface area (Å²) in [4.78, 5) is 5.31. The molecule has 5 nitrogen and oxygen atoms in total. The lowest BCUT2D eigenvalue weighted by Crippen LogP contribution is -2.09. The van der Waals surface area contributed by atoms with Crippen LogP contribution in [0.15, 0.2) is 93.5 Å². The fourth-order valence-corrected chi connectivity index (χ4v) is 7.69. The van der Waals surface area contributed by atoms with Crippen LogP contribution in [-0.2, 0) is 16.4 Å². The molecule has 5 aromatic rings. The molecule has 1 aromatic heterocycles. The highest BCUT2D eigenvalue weighted by atomic mass is 32.2. The van der Waals surface area contributed by atoms with E-state index in [1.807, 2.05) is 42.5 Å². The van der Waals surface area contributed by atoms with Crippen molar-refractivity contribution in [1.29, 1.82) is 0 Å². The van der Waals surface area contributed by atoms with Crippen LogP contribution >= 0.6 is 23.1 Å². The van der Waals surface area contributed by atoms with E-state index in [1.54, 1.807) is 35.6 Å². The summed E-state index contributed by atoms with van der Waals surface area (Å²) in [6.45, 7) is 4.50. The number of fused-ring (bicyclic) bond motifs is 2. The van der Waals surface area contributed by atoms with Crippen LogP contribution in [0.25, 0.3) is 27.1 Å². The molecule has 0 amide bonds. The van der Waals surface area contributed by atoms with Crippen LogP contribution in [0.4, 0.5) is 5.69 Å². The minimum absolute atomic E-state index is 0.103. The highest BCUT2D eigenvalue weighted by Gasteiger charge is 2.17. The Balaban J connectivity index is 1.45. The van der Waals surface area contributed by atoms with Gasteiger partial charge in [-0.2, -0.15) is 0 Å². The van der Waals surface area contributed by atoms with Crippen molar-refractivity contribution < 1.29 is 13.5 Å². The molecular formula is C31H30N2O3S3. The first-order chi connectivity index (χ1) is 18.8. The Bertz CT molecular complexity index is 1750. The highest BCUT2D eigenvalue weighted by molar-refractivity contribution is 8.01. The summed E-state index contributed by atoms with van der Waals surface area (Å²) in [6, 6.07) is 24.6. The normalized spacial score (nSPS) is 12.9. The van der Waals surface area contributed by atoms with Crippen molar-refractivity contribution in [3.05, 3.63) is 95.4 Å². The average Bonchev–Trinajstić information content (AvgIpc) is 3.32. The predicted octanol–water partition coefficient (Wildman–Crippen LogP) is 8.70. The van der Waals surface area contributed by atoms with Gasteiger partial charge in [-0.3, -0.25) is 4.72 Å². The molecule has 0 saturated heterocycles. The molecule has 0 spiro atoms. The van der Waals surface area contributed by atoms with E-state index in [4.69, 9.17) is 4.98 Å². The Morgan fingerprint density at radius 1 is 1.03 bits per heavy atom. The van der Waals surface area contributed by atoms with Gasteiger partial charge in [-0.15, -0.1) is 11.3 Å². The molecule has 0 radical (unpaired) electrons. The van der Waals surface area contributed by atoms with Gasteiger partial charge in [-0.25, -0.2) is 13.4 Å². The van der Waals surface area contributed by atoms with Crippen molar-refractivity contribution >= 4 is 65.9 Å². The van der Waals surface area contributed by atoms with Gasteiger partial charge in [0.05, 0.1) is 26.2 Å². The number of anilines is 1. The van der Waals surface area contributed by atoms with Gasteiger partial charge in [0, 0.05) is 10.8 Å². The lowest BCUT2D eigenvalue weighted by molar-refractivity contribution is 0.469. The van der Waals surface area contributed by atoms with Gasteiger partial charge < -0.3 is 5.11 Å². The second-order valence-corrected chi connectivity index (χ2v) is 13.5. The van der Waals surface area contributed by atoms with Crippen molar-refractivity contribution in [2.45, 2.75) is 42.3 Å². The van der Waals surface area contributed by atoms with E-state index >= 15 is 0 Å². The van der Waals surface area contributed by atoms with Crippen molar-refractivity contribution in [2.75, 3.05) is 4.72 Å². The monoisotopic (exact) mass is 574 g/mol. The van der Waals surface area contributed by atoms with Crippen LogP contribution in [-0.4, -0.2) is 18.5 Å². The van der Waals surface area contributed by atoms with E-state index in [2.05, 4.69) is 36.8 Å². The number of benzene rings is 4. The Morgan fingerprint density at radius 2 is 1.77 bits per heavy atom. The lowest BCUT2D eigenvalue weighted by atomic mass is 9.97. The summed E-state index contributed by atoms with van der Waals surface area (Å²) < 4.78 is 30.5. The first kappa shape index (κ1) is 27.2. The maximum Gasteiger partial charge on any atom is 0.255 e. The molecule has 0 bridgehead atoms. The zero-order chi connectivity index (χ0) is 27.4. The Morgan fingerprint density at radius 3 is 2.54 bits per heavy atom. The molecule has 5 rings (SSSR count). The van der Waals surface area contributed by atoms with Crippen molar-refractivity contribution in [1.82, 2.24) is 4.98 Å². The fourth-order valence-electron chi connectivity index (χ4n) is 4.63. The predicted molar refractivity (Wildman–Crippen MR) is 165 cm³/mol. The minimum Gasteiger partial charge on any atom is -0.506 e. The number of hydrogen-bond acceptors (Lipinski definition) is 6. The third kappa shape index (κ3) is 6.64. The zero-order valence-corrected chi connectivity index (χ0v) is 24.2. The van der Waals surface area contributed by atoms with Gasteiger partial charge in [0.2, 0.25) is 0 Å². The van der Waals surface area contributed by atoms with E-state index in [-0.39, 0.29) is 5.75 Å². The van der Waals surface area contributed by atoms with Crippen molar-refractivity contribution in [2.24, 2.45) is 5.92 Å². The number of sulfonamides is 1. The van der Waals surface area contributed by atoms with Crippen LogP contribution in [0.1, 0.15) is 37.8 Å². The third-order valence-corrected chi connectivity index (χ3v) is 9.58. The SMILES string of the molecule is CCCC(C)Cc1ccc2nc(Sc3cc(NS(=O)(=O)/C=C/c4ccccc4)c4ccccc4c3O)sc2c1. The van der Waals surface area contributed by atoms with E-state index in [0.717, 1.165) is 31.9 Å². The Hall–Kier alpha value is -3.33. The first-order valence-electron chi connectivity index (χ1n) is 12.9. The standard InChI is InChI=1S/C31H30N2O3S3/c1-3-9-21(2)18-23-14-15-26-28(19-23)37-31(32-26)38-29-20-27(24-12-7-8-13-25(24)30(29)34)33-39(35,36)17-16-22-10-5-4-6-11-22/h4-8,10-17,19-21,33-34H,3,9,18H2,1-2H3/b17-16+. The molecule has 0 fully saturated rings. The molecule has 39 heavy (non-hydrogen) atoms. The van der Waals surface area contributed by atoms with E-state index in [9.17, 15) is 13.5 Å². The highest BCUT2D eigenvalue weighted by Crippen LogP contribution is 2.44. The van der Waals surface area contributed by atoms with Gasteiger partial charge in [0.25, 0.3) is 10.0 Å². The molecule has 200 valence electrons. The summed E-state index contributed by atoms with van der Waals surface area (Å²) in [5.41, 5.74) is 3.41. The maximum absolute atomic E-state index is 13.0. The van der Waals surface area contributed by atoms with E-state index in [0.29, 0.717) is 27.3 Å². The number of nitrogens with one attached hydrogen (secondary N) is 1. The van der Waals surface area contributed by atoms with Gasteiger partial charge in [-0.05, 0) is 47.7 Å². The second kappa shape index (κ2) is 11.8. The number of thiazole rings is 1. The number of aromatic hydroxyl groups is 1. The Labute approximate surface area is 237 Å². The molecule has 0 aliphatic heterocycles. The van der Waals surface area contributed by atoms with Crippen LogP contribution in [0, 0.1) is 5.92 Å². The van der Waals surface area contributed by atoms with Gasteiger partial charge in [0.15, 0.2) is 4.34 Å². The quantitative estimate of drug-likeness (QED) is 0.163. The number of aromatic nitrogens is 1. The summed E-state index contributed by atoms with van der Waals surface area (Å²) >= 11 is 2.91. The van der Waals surface area contributed by atoms with E-state index in [1.165, 1.54) is 30.2 Å². The topological polar surface area (TPSA) is 79.3 Å². The first-order valence-corrected chi connectivity index (χ1v) is 16.1. The Kier molecular flexibility index (Phi) is 8.26. The number of nitrogens with zero attached hydrogens (tertiary/aromatic N) is 1. The fraction of sp³-hybridized carbons (Fsp3) is 0.194. The van der Waals surface area contributed by atoms with Crippen LogP contribution in [0.2, 0.25) is 0 Å². The second-order valence-electron chi connectivity index (χ2n) is 9.66. The molecule has 4 aromatic carbocycles. The maximum atomic E-state index is 13.0. The molecule has 2 N–H and O–H groups in total. The molecule has 1 unspecified atom stereocenters. The van der Waals surface area contributed by atoms with Crippen LogP contribution < -0.4 is 4.72 Å². The lowest BCUT2D eigenvalue weighted by Gasteiger charge is -2.13. The van der Waals surface area contributed by atoms with Gasteiger partial charge in [0.1, 0.15) is 5.75 Å². The molecule has 8 heteroatoms. The molecule has 0 aliphatic rings. The number of rotatable bonds is 10. The number of hydrogen-bond donors (Lipinski definition) is 2. The zero-order valence-electron chi connectivity index (χ0n) is 21.8. The molecule has 1 heterocycles.